The van der Waals surface area contributed by atoms with Crippen molar-refractivity contribution < 1.29 is 9.53 Å². The molecule has 0 aliphatic carbocycles. The predicted molar refractivity (Wildman–Crippen MR) is 103 cm³/mol. The predicted octanol–water partition coefficient (Wildman–Crippen LogP) is 3.97. The van der Waals surface area contributed by atoms with Crippen molar-refractivity contribution in [2.75, 3.05) is 13.0 Å². The minimum atomic E-state index is -0.624. The molecule has 3 aromatic rings. The molecule has 1 aromatic heterocycles. The number of nitrogen functional groups attached to an aromatic ring is 1. The third-order valence-corrected chi connectivity index (χ3v) is 5.31. The Morgan fingerprint density at radius 3 is 2.58 bits per heavy atom. The summed E-state index contributed by atoms with van der Waals surface area (Å²) >= 11 is 13.3. The van der Waals surface area contributed by atoms with Crippen LogP contribution in [-0.2, 0) is 9.53 Å². The van der Waals surface area contributed by atoms with Crippen LogP contribution in [0, 0.1) is 0 Å². The highest BCUT2D eigenvalue weighted by Gasteiger charge is 2.26. The summed E-state index contributed by atoms with van der Waals surface area (Å²) in [5.74, 6) is 6.10. The molecule has 0 bridgehead atoms. The molecule has 26 heavy (non-hydrogen) atoms. The van der Waals surface area contributed by atoms with Gasteiger partial charge in [-0.2, -0.15) is 0 Å². The highest BCUT2D eigenvalue weighted by molar-refractivity contribution is 8.00. The van der Waals surface area contributed by atoms with E-state index in [1.165, 1.54) is 11.8 Å². The Morgan fingerprint density at radius 2 is 1.92 bits per heavy atom. The number of methoxy groups -OCH3 is 1. The number of ether oxygens (including phenoxy) is 1. The number of benzene rings is 2. The largest absolute Gasteiger partial charge is 0.468 e. The quantitative estimate of drug-likeness (QED) is 0.390. The second-order valence-electron chi connectivity index (χ2n) is 5.23. The van der Waals surface area contributed by atoms with Crippen LogP contribution in [0.3, 0.4) is 0 Å². The first-order chi connectivity index (χ1) is 12.5. The first-order valence-corrected chi connectivity index (χ1v) is 9.10. The first kappa shape index (κ1) is 18.6. The maximum atomic E-state index is 12.2. The molecule has 134 valence electrons. The van der Waals surface area contributed by atoms with Crippen molar-refractivity contribution in [2.24, 2.45) is 0 Å². The molecule has 2 N–H and O–H groups in total. The number of hydrogen-bond donors (Lipinski definition) is 1. The first-order valence-electron chi connectivity index (χ1n) is 7.46. The third-order valence-electron chi connectivity index (χ3n) is 3.58. The standard InChI is InChI=1S/C17H14Cl2N4O2S/c1-25-16(24)14(10-5-3-2-4-6-10)26-17-22-21-15(23(17)20)12-8-7-11(18)9-13(12)19/h2-9,14H,20H2,1H3. The number of halogens is 2. The number of carbonyl (C=O) groups excluding carboxylic acids is 1. The van der Waals surface area contributed by atoms with Crippen molar-refractivity contribution >= 4 is 40.9 Å². The van der Waals surface area contributed by atoms with Gasteiger partial charge < -0.3 is 10.6 Å². The van der Waals surface area contributed by atoms with Crippen molar-refractivity contribution in [3.8, 4) is 11.4 Å². The number of thioether (sulfide) groups is 1. The lowest BCUT2D eigenvalue weighted by atomic mass is 10.1. The third kappa shape index (κ3) is 3.80. The summed E-state index contributed by atoms with van der Waals surface area (Å²) in [6.07, 6.45) is 0. The molecule has 3 rings (SSSR count). The molecule has 2 aromatic carbocycles. The average molecular weight is 409 g/mol. The summed E-state index contributed by atoms with van der Waals surface area (Å²) in [6, 6.07) is 14.2. The summed E-state index contributed by atoms with van der Waals surface area (Å²) < 4.78 is 6.20. The molecule has 1 heterocycles. The molecule has 1 unspecified atom stereocenters. The van der Waals surface area contributed by atoms with Gasteiger partial charge in [0.2, 0.25) is 5.16 Å². The van der Waals surface area contributed by atoms with Crippen LogP contribution in [0.5, 0.6) is 0 Å². The minimum absolute atomic E-state index is 0.352. The Labute approximate surface area is 164 Å². The van der Waals surface area contributed by atoms with Crippen LogP contribution in [-0.4, -0.2) is 28.0 Å². The van der Waals surface area contributed by atoms with Gasteiger partial charge >= 0.3 is 5.97 Å². The zero-order valence-electron chi connectivity index (χ0n) is 13.6. The fraction of sp³-hybridized carbons (Fsp3) is 0.118. The van der Waals surface area contributed by atoms with E-state index in [-0.39, 0.29) is 0 Å². The van der Waals surface area contributed by atoms with Gasteiger partial charge in [0.05, 0.1) is 12.1 Å². The van der Waals surface area contributed by atoms with Gasteiger partial charge in [0, 0.05) is 10.6 Å². The van der Waals surface area contributed by atoms with E-state index in [1.807, 2.05) is 30.3 Å². The molecule has 0 aliphatic heterocycles. The van der Waals surface area contributed by atoms with Gasteiger partial charge in [0.1, 0.15) is 5.25 Å². The Kier molecular flexibility index (Phi) is 5.70. The van der Waals surface area contributed by atoms with E-state index in [9.17, 15) is 4.79 Å². The fourth-order valence-corrected chi connectivity index (χ4v) is 3.78. The lowest BCUT2D eigenvalue weighted by molar-refractivity contribution is -0.140. The summed E-state index contributed by atoms with van der Waals surface area (Å²) in [6.45, 7) is 0. The Bertz CT molecular complexity index is 934. The van der Waals surface area contributed by atoms with E-state index in [4.69, 9.17) is 33.8 Å². The lowest BCUT2D eigenvalue weighted by Gasteiger charge is -2.14. The zero-order chi connectivity index (χ0) is 18.7. The van der Waals surface area contributed by atoms with Gasteiger partial charge in [-0.25, -0.2) is 4.68 Å². The van der Waals surface area contributed by atoms with E-state index in [0.29, 0.717) is 26.6 Å². The van der Waals surface area contributed by atoms with Crippen LogP contribution in [0.2, 0.25) is 10.0 Å². The van der Waals surface area contributed by atoms with Gasteiger partial charge in [-0.15, -0.1) is 10.2 Å². The number of aromatic nitrogens is 3. The van der Waals surface area contributed by atoms with Gasteiger partial charge in [-0.05, 0) is 23.8 Å². The van der Waals surface area contributed by atoms with Gasteiger partial charge in [0.15, 0.2) is 5.82 Å². The topological polar surface area (TPSA) is 83.0 Å². The molecule has 0 saturated carbocycles. The lowest BCUT2D eigenvalue weighted by Crippen LogP contribution is -2.15. The number of hydrogen-bond acceptors (Lipinski definition) is 6. The van der Waals surface area contributed by atoms with E-state index >= 15 is 0 Å². The zero-order valence-corrected chi connectivity index (χ0v) is 15.9. The van der Waals surface area contributed by atoms with E-state index < -0.39 is 11.2 Å². The summed E-state index contributed by atoms with van der Waals surface area (Å²) in [7, 11) is 1.34. The maximum Gasteiger partial charge on any atom is 0.323 e. The number of carbonyl (C=O) groups is 1. The smallest absolute Gasteiger partial charge is 0.323 e. The van der Waals surface area contributed by atoms with Crippen molar-refractivity contribution in [2.45, 2.75) is 10.4 Å². The van der Waals surface area contributed by atoms with Crippen LogP contribution in [0.25, 0.3) is 11.4 Å². The van der Waals surface area contributed by atoms with Crippen molar-refractivity contribution in [1.29, 1.82) is 0 Å². The monoisotopic (exact) mass is 408 g/mol. The second-order valence-corrected chi connectivity index (χ2v) is 7.15. The number of esters is 1. The molecule has 6 nitrogen and oxygen atoms in total. The number of nitrogens with zero attached hydrogens (tertiary/aromatic N) is 3. The normalized spacial score (nSPS) is 12.0. The second kappa shape index (κ2) is 7.99. The van der Waals surface area contributed by atoms with E-state index in [0.717, 1.165) is 17.3 Å². The SMILES string of the molecule is COC(=O)C(Sc1nnc(-c2ccc(Cl)cc2Cl)n1N)c1ccccc1. The van der Waals surface area contributed by atoms with Crippen LogP contribution >= 0.6 is 35.0 Å². The van der Waals surface area contributed by atoms with Gasteiger partial charge in [-0.3, -0.25) is 4.79 Å². The van der Waals surface area contributed by atoms with Crippen molar-refractivity contribution in [3.63, 3.8) is 0 Å². The molecule has 9 heteroatoms. The summed E-state index contributed by atoms with van der Waals surface area (Å²) in [5.41, 5.74) is 1.37. The molecule has 1 atom stereocenters. The molecule has 0 amide bonds. The molecular weight excluding hydrogens is 395 g/mol. The Morgan fingerprint density at radius 1 is 1.19 bits per heavy atom. The number of rotatable bonds is 5. The van der Waals surface area contributed by atoms with Gasteiger partial charge in [0.25, 0.3) is 0 Å². The molecule has 0 radical (unpaired) electrons. The Hall–Kier alpha value is -2.22. The van der Waals surface area contributed by atoms with Crippen LogP contribution in [0.15, 0.2) is 53.7 Å². The van der Waals surface area contributed by atoms with Gasteiger partial charge in [-0.1, -0.05) is 65.3 Å². The maximum absolute atomic E-state index is 12.2. The molecule has 0 spiro atoms. The fourth-order valence-electron chi connectivity index (χ4n) is 2.30. The van der Waals surface area contributed by atoms with E-state index in [2.05, 4.69) is 10.2 Å². The van der Waals surface area contributed by atoms with Crippen LogP contribution in [0.1, 0.15) is 10.8 Å². The van der Waals surface area contributed by atoms with Crippen molar-refractivity contribution in [3.05, 3.63) is 64.1 Å². The summed E-state index contributed by atoms with van der Waals surface area (Å²) in [5, 5.41) is 8.82. The summed E-state index contributed by atoms with van der Waals surface area (Å²) in [4.78, 5) is 12.2. The van der Waals surface area contributed by atoms with Crippen molar-refractivity contribution in [1.82, 2.24) is 14.9 Å². The minimum Gasteiger partial charge on any atom is -0.468 e. The highest BCUT2D eigenvalue weighted by Crippen LogP contribution is 2.37. The molecule has 0 saturated heterocycles. The molecular formula is C17H14Cl2N4O2S. The van der Waals surface area contributed by atoms with Crippen LogP contribution in [0.4, 0.5) is 0 Å². The highest BCUT2D eigenvalue weighted by atomic mass is 35.5. The number of nitrogens with two attached hydrogens (primary N) is 1. The average Bonchev–Trinajstić information content (AvgIpc) is 3.00. The molecule has 0 fully saturated rings. The molecule has 0 aliphatic rings. The Balaban J connectivity index is 1.95. The van der Waals surface area contributed by atoms with Crippen LogP contribution < -0.4 is 5.84 Å². The van der Waals surface area contributed by atoms with E-state index in [1.54, 1.807) is 18.2 Å².